The number of fused-ring (bicyclic) bond motifs is 1. The molecule has 0 amide bonds. The molecular weight excluding hydrogens is 344 g/mol. The third-order valence-corrected chi connectivity index (χ3v) is 4.12. The molecule has 1 aliphatic rings. The number of rotatable bonds is 6. The van der Waals surface area contributed by atoms with Crippen LogP contribution in [0.4, 0.5) is 8.78 Å². The normalized spacial score (nSPS) is 13.2. The number of hydrogen-bond donors (Lipinski definition) is 0. The summed E-state index contributed by atoms with van der Waals surface area (Å²) in [7, 11) is 2.06. The van der Waals surface area contributed by atoms with Gasteiger partial charge >= 0.3 is 0 Å². The van der Waals surface area contributed by atoms with Gasteiger partial charge in [0.05, 0.1) is 6.61 Å². The van der Waals surface area contributed by atoms with Crippen molar-refractivity contribution in [1.29, 1.82) is 0 Å². The first-order valence-electron chi connectivity index (χ1n) is 8.09. The van der Waals surface area contributed by atoms with Gasteiger partial charge in [0.2, 0.25) is 0 Å². The van der Waals surface area contributed by atoms with Crippen LogP contribution in [0.3, 0.4) is 0 Å². The zero-order valence-electron chi connectivity index (χ0n) is 14.1. The number of nitrogens with zero attached hydrogens (tertiary/aromatic N) is 1. The molecule has 0 bridgehead atoms. The lowest BCUT2D eigenvalue weighted by Crippen LogP contribution is -2.17. The first-order chi connectivity index (χ1) is 11.6. The number of ether oxygens (including phenoxy) is 1. The molecule has 0 saturated heterocycles. The highest BCUT2D eigenvalue weighted by Gasteiger charge is 2.12. The van der Waals surface area contributed by atoms with Crippen molar-refractivity contribution < 1.29 is 13.5 Å². The van der Waals surface area contributed by atoms with E-state index in [9.17, 15) is 8.78 Å². The van der Waals surface area contributed by atoms with Crippen molar-refractivity contribution in [1.82, 2.24) is 4.90 Å². The summed E-state index contributed by atoms with van der Waals surface area (Å²) < 4.78 is 30.6. The van der Waals surface area contributed by atoms with Gasteiger partial charge in [0.25, 0.3) is 6.43 Å². The summed E-state index contributed by atoms with van der Waals surface area (Å²) in [5.41, 5.74) is 3.55. The third-order valence-electron chi connectivity index (χ3n) is 4.12. The highest BCUT2D eigenvalue weighted by molar-refractivity contribution is 5.85. The molecule has 5 heteroatoms. The SMILES string of the molecule is CN(C/C=C/c1ccc(C(F)F)cc1)Cc1ccc2c(c1)CCO2.Cl. The zero-order chi connectivity index (χ0) is 16.9. The van der Waals surface area contributed by atoms with Crippen molar-refractivity contribution in [2.24, 2.45) is 0 Å². The first kappa shape index (κ1) is 19.4. The smallest absolute Gasteiger partial charge is 0.263 e. The topological polar surface area (TPSA) is 12.5 Å². The number of likely N-dealkylation sites (N-methyl/N-ethyl adjacent to an activating group) is 1. The van der Waals surface area contributed by atoms with E-state index in [0.717, 1.165) is 37.4 Å². The summed E-state index contributed by atoms with van der Waals surface area (Å²) in [5, 5.41) is 0. The van der Waals surface area contributed by atoms with Crippen LogP contribution in [0.25, 0.3) is 6.08 Å². The van der Waals surface area contributed by atoms with Crippen molar-refractivity contribution in [3.63, 3.8) is 0 Å². The van der Waals surface area contributed by atoms with Crippen molar-refractivity contribution >= 4 is 18.5 Å². The molecule has 0 saturated carbocycles. The van der Waals surface area contributed by atoms with Crippen LogP contribution in [0.2, 0.25) is 0 Å². The van der Waals surface area contributed by atoms with Gasteiger partial charge in [-0.3, -0.25) is 4.90 Å². The molecule has 0 atom stereocenters. The minimum absolute atomic E-state index is 0. The lowest BCUT2D eigenvalue weighted by Gasteiger charge is -2.15. The van der Waals surface area contributed by atoms with Crippen molar-refractivity contribution in [2.75, 3.05) is 20.2 Å². The largest absolute Gasteiger partial charge is 0.493 e. The van der Waals surface area contributed by atoms with Gasteiger partial charge in [-0.15, -0.1) is 12.4 Å². The summed E-state index contributed by atoms with van der Waals surface area (Å²) in [6.07, 6.45) is 2.59. The molecule has 2 nitrogen and oxygen atoms in total. The van der Waals surface area contributed by atoms with Gasteiger partial charge in [0.15, 0.2) is 0 Å². The average molecular weight is 366 g/mol. The summed E-state index contributed by atoms with van der Waals surface area (Å²) >= 11 is 0. The predicted octanol–water partition coefficient (Wildman–Crippen LogP) is 5.13. The molecule has 134 valence electrons. The second-order valence-electron chi connectivity index (χ2n) is 6.11. The predicted molar refractivity (Wildman–Crippen MR) is 99.7 cm³/mol. The summed E-state index contributed by atoms with van der Waals surface area (Å²) in [4.78, 5) is 2.21. The highest BCUT2D eigenvalue weighted by Crippen LogP contribution is 2.26. The minimum atomic E-state index is -2.41. The molecule has 25 heavy (non-hydrogen) atoms. The molecule has 1 aliphatic heterocycles. The Bertz CT molecular complexity index is 716. The summed E-state index contributed by atoms with van der Waals surface area (Å²) in [5.74, 6) is 1.01. The Kier molecular flexibility index (Phi) is 6.97. The van der Waals surface area contributed by atoms with Gasteiger partial charge in [-0.25, -0.2) is 8.78 Å². The fourth-order valence-electron chi connectivity index (χ4n) is 2.84. The molecule has 0 fully saturated rings. The minimum Gasteiger partial charge on any atom is -0.493 e. The van der Waals surface area contributed by atoms with E-state index in [0.29, 0.717) is 0 Å². The van der Waals surface area contributed by atoms with Crippen molar-refractivity contribution in [3.05, 3.63) is 70.8 Å². The van der Waals surface area contributed by atoms with E-state index in [1.807, 2.05) is 18.2 Å². The zero-order valence-corrected chi connectivity index (χ0v) is 14.9. The van der Waals surface area contributed by atoms with Crippen LogP contribution in [-0.2, 0) is 13.0 Å². The quantitative estimate of drug-likeness (QED) is 0.704. The molecule has 0 aliphatic carbocycles. The van der Waals surface area contributed by atoms with Gasteiger partial charge in [0, 0.05) is 25.1 Å². The highest BCUT2D eigenvalue weighted by atomic mass is 35.5. The Balaban J connectivity index is 0.00000225. The Hall–Kier alpha value is -1.91. The van der Waals surface area contributed by atoms with E-state index in [1.165, 1.54) is 23.3 Å². The van der Waals surface area contributed by atoms with Gasteiger partial charge < -0.3 is 4.74 Å². The lowest BCUT2D eigenvalue weighted by molar-refractivity contribution is 0.151. The van der Waals surface area contributed by atoms with Crippen LogP contribution in [0, 0.1) is 0 Å². The average Bonchev–Trinajstić information content (AvgIpc) is 3.03. The Morgan fingerprint density at radius 3 is 2.64 bits per heavy atom. The van der Waals surface area contributed by atoms with Crippen LogP contribution in [0.15, 0.2) is 48.5 Å². The number of halogens is 3. The van der Waals surface area contributed by atoms with E-state index in [4.69, 9.17) is 4.74 Å². The van der Waals surface area contributed by atoms with E-state index < -0.39 is 6.43 Å². The standard InChI is InChI=1S/C20H21F2NO.ClH/c1-23(14-16-6-9-19-18(13-16)10-12-24-19)11-2-3-15-4-7-17(8-5-15)20(21)22;/h2-9,13,20H,10-12,14H2,1H3;1H/b3-2+;. The van der Waals surface area contributed by atoms with E-state index >= 15 is 0 Å². The molecule has 3 rings (SSSR count). The van der Waals surface area contributed by atoms with Crippen molar-refractivity contribution in [3.8, 4) is 5.75 Å². The molecule has 0 unspecified atom stereocenters. The van der Waals surface area contributed by atoms with E-state index in [1.54, 1.807) is 12.1 Å². The van der Waals surface area contributed by atoms with Gasteiger partial charge in [0.1, 0.15) is 5.75 Å². The van der Waals surface area contributed by atoms with Gasteiger partial charge in [-0.1, -0.05) is 48.6 Å². The second-order valence-corrected chi connectivity index (χ2v) is 6.11. The lowest BCUT2D eigenvalue weighted by atomic mass is 10.1. The molecule has 1 heterocycles. The third kappa shape index (κ3) is 5.28. The Labute approximate surface area is 153 Å². The summed E-state index contributed by atoms with van der Waals surface area (Å²) in [6.45, 7) is 2.44. The van der Waals surface area contributed by atoms with Crippen molar-refractivity contribution in [2.45, 2.75) is 19.4 Å². The number of hydrogen-bond acceptors (Lipinski definition) is 2. The maximum Gasteiger partial charge on any atom is 0.263 e. The maximum absolute atomic E-state index is 12.5. The number of benzene rings is 2. The van der Waals surface area contributed by atoms with Gasteiger partial charge in [-0.05, 0) is 29.8 Å². The monoisotopic (exact) mass is 365 g/mol. The van der Waals surface area contributed by atoms with Crippen LogP contribution in [-0.4, -0.2) is 25.1 Å². The van der Waals surface area contributed by atoms with E-state index in [2.05, 4.69) is 24.1 Å². The van der Waals surface area contributed by atoms with Crippen LogP contribution in [0.1, 0.15) is 28.7 Å². The molecule has 0 spiro atoms. The molecule has 0 aromatic heterocycles. The Morgan fingerprint density at radius 1 is 1.16 bits per heavy atom. The first-order valence-corrected chi connectivity index (χ1v) is 8.09. The molecule has 2 aromatic rings. The maximum atomic E-state index is 12.5. The van der Waals surface area contributed by atoms with Crippen LogP contribution in [0.5, 0.6) is 5.75 Å². The van der Waals surface area contributed by atoms with Gasteiger partial charge in [-0.2, -0.15) is 0 Å². The number of alkyl halides is 2. The fraction of sp³-hybridized carbons (Fsp3) is 0.300. The Morgan fingerprint density at radius 2 is 1.92 bits per heavy atom. The van der Waals surface area contributed by atoms with E-state index in [-0.39, 0.29) is 18.0 Å². The molecule has 2 aromatic carbocycles. The molecule has 0 radical (unpaired) electrons. The van der Waals surface area contributed by atoms with Crippen LogP contribution >= 0.6 is 12.4 Å². The fourth-order valence-corrected chi connectivity index (χ4v) is 2.84. The second kappa shape index (κ2) is 8.97. The van der Waals surface area contributed by atoms with Crippen LogP contribution < -0.4 is 4.74 Å². The molecule has 0 N–H and O–H groups in total. The molecular formula is C20H22ClF2NO. The summed E-state index contributed by atoms with van der Waals surface area (Å²) in [6, 6.07) is 12.8.